The lowest BCUT2D eigenvalue weighted by molar-refractivity contribution is -0.119. The summed E-state index contributed by atoms with van der Waals surface area (Å²) in [7, 11) is 0. The van der Waals surface area contributed by atoms with Crippen LogP contribution in [0.5, 0.6) is 0 Å². The number of thiophene rings is 1. The topological polar surface area (TPSA) is 46.2 Å². The fraction of sp³-hybridized carbons (Fsp3) is 0.412. The number of hydrogen-bond donors (Lipinski definition) is 1. The van der Waals surface area contributed by atoms with Crippen LogP contribution in [0.15, 0.2) is 41.3 Å². The monoisotopic (exact) mass is 305 g/mol. The number of nitrogens with one attached hydrogen (secondary N) is 1. The molecule has 21 heavy (non-hydrogen) atoms. The molecule has 0 aliphatic carbocycles. The molecule has 0 saturated carbocycles. The molecule has 114 valence electrons. The van der Waals surface area contributed by atoms with Gasteiger partial charge in [-0.15, -0.1) is 0 Å². The van der Waals surface area contributed by atoms with E-state index in [0.29, 0.717) is 12.0 Å². The molecule has 0 aliphatic rings. The van der Waals surface area contributed by atoms with Crippen LogP contribution in [-0.4, -0.2) is 18.1 Å². The molecule has 0 aliphatic heterocycles. The summed E-state index contributed by atoms with van der Waals surface area (Å²) in [4.78, 5) is 23.0. The number of rotatable bonds is 9. The normalized spacial score (nSPS) is 13.5. The van der Waals surface area contributed by atoms with E-state index in [9.17, 15) is 9.59 Å². The predicted octanol–water partition coefficient (Wildman–Crippen LogP) is 3.69. The molecule has 0 bridgehead atoms. The van der Waals surface area contributed by atoms with Gasteiger partial charge in [-0.3, -0.25) is 9.59 Å². The van der Waals surface area contributed by atoms with Gasteiger partial charge in [-0.05, 0) is 47.2 Å². The smallest absolute Gasteiger partial charge is 0.152 e. The minimum absolute atomic E-state index is 0.0340. The van der Waals surface area contributed by atoms with Gasteiger partial charge in [0.05, 0.1) is 6.04 Å². The highest BCUT2D eigenvalue weighted by atomic mass is 32.1. The number of hydrogen-bond acceptors (Lipinski definition) is 4. The van der Waals surface area contributed by atoms with Crippen LogP contribution in [0.25, 0.3) is 0 Å². The van der Waals surface area contributed by atoms with Crippen molar-refractivity contribution in [3.05, 3.63) is 46.8 Å². The molecule has 0 amide bonds. The molecule has 1 aromatic heterocycles. The van der Waals surface area contributed by atoms with E-state index in [4.69, 9.17) is 0 Å². The molecular formula is C17H23NO2S. The first-order chi connectivity index (χ1) is 9.86. The minimum Gasteiger partial charge on any atom is -0.378 e. The lowest BCUT2D eigenvalue weighted by Gasteiger charge is -2.28. The average molecular weight is 305 g/mol. The summed E-state index contributed by atoms with van der Waals surface area (Å²) in [6.07, 6.45) is 1.22. The van der Waals surface area contributed by atoms with E-state index in [0.717, 1.165) is 17.5 Å². The van der Waals surface area contributed by atoms with E-state index in [1.807, 2.05) is 30.7 Å². The highest BCUT2D eigenvalue weighted by molar-refractivity contribution is 7.08. The maximum atomic E-state index is 12.1. The van der Waals surface area contributed by atoms with Gasteiger partial charge in [0.15, 0.2) is 5.78 Å². The second kappa shape index (κ2) is 7.93. The first kappa shape index (κ1) is 17.4. The maximum absolute atomic E-state index is 12.1. The van der Waals surface area contributed by atoms with Crippen LogP contribution in [0, 0.1) is 5.92 Å². The van der Waals surface area contributed by atoms with Crippen LogP contribution >= 0.6 is 11.3 Å². The molecule has 1 aromatic rings. The van der Waals surface area contributed by atoms with Gasteiger partial charge in [-0.2, -0.15) is 11.3 Å². The fourth-order valence-corrected chi connectivity index (χ4v) is 2.82. The van der Waals surface area contributed by atoms with Gasteiger partial charge in [-0.1, -0.05) is 27.0 Å². The predicted molar refractivity (Wildman–Crippen MR) is 88.5 cm³/mol. The van der Waals surface area contributed by atoms with Crippen LogP contribution in [0.4, 0.5) is 0 Å². The molecule has 4 heteroatoms. The molecule has 0 radical (unpaired) electrons. The van der Waals surface area contributed by atoms with Gasteiger partial charge < -0.3 is 5.32 Å². The Morgan fingerprint density at radius 1 is 1.43 bits per heavy atom. The number of aldehydes is 1. The van der Waals surface area contributed by atoms with E-state index >= 15 is 0 Å². The van der Waals surface area contributed by atoms with Crippen molar-refractivity contribution in [3.8, 4) is 0 Å². The Kier molecular flexibility index (Phi) is 6.56. The van der Waals surface area contributed by atoms with Crippen LogP contribution < -0.4 is 5.32 Å². The molecule has 0 aromatic carbocycles. The van der Waals surface area contributed by atoms with Crippen LogP contribution in [0.1, 0.15) is 38.7 Å². The summed E-state index contributed by atoms with van der Waals surface area (Å²) in [5.74, 6) is 0.165. The molecule has 0 fully saturated rings. The Labute approximate surface area is 130 Å². The SMILES string of the molecule is C=C(C=O)CC(c1ccsc1)C(NC(=C)C(C)C)C(C)=O. The Morgan fingerprint density at radius 2 is 2.10 bits per heavy atom. The largest absolute Gasteiger partial charge is 0.378 e. The van der Waals surface area contributed by atoms with Crippen LogP contribution in [0.3, 0.4) is 0 Å². The number of carbonyl (C=O) groups is 2. The Balaban J connectivity index is 3.06. The van der Waals surface area contributed by atoms with Gasteiger partial charge in [0.25, 0.3) is 0 Å². The van der Waals surface area contributed by atoms with Crippen LogP contribution in [0.2, 0.25) is 0 Å². The van der Waals surface area contributed by atoms with Gasteiger partial charge >= 0.3 is 0 Å². The van der Waals surface area contributed by atoms with Crippen molar-refractivity contribution in [3.63, 3.8) is 0 Å². The molecule has 1 N–H and O–H groups in total. The van der Waals surface area contributed by atoms with Crippen molar-refractivity contribution >= 4 is 23.4 Å². The van der Waals surface area contributed by atoms with Gasteiger partial charge in [-0.25, -0.2) is 0 Å². The molecular weight excluding hydrogens is 282 g/mol. The van der Waals surface area contributed by atoms with Crippen molar-refractivity contribution in [2.24, 2.45) is 5.92 Å². The summed E-state index contributed by atoms with van der Waals surface area (Å²) in [6, 6.07) is 1.59. The third kappa shape index (κ3) is 4.97. The second-order valence-corrected chi connectivity index (χ2v) is 6.34. The third-order valence-electron chi connectivity index (χ3n) is 3.50. The van der Waals surface area contributed by atoms with E-state index in [1.54, 1.807) is 18.3 Å². The van der Waals surface area contributed by atoms with Gasteiger partial charge in [0.2, 0.25) is 0 Å². The van der Waals surface area contributed by atoms with Gasteiger partial charge in [0, 0.05) is 11.6 Å². The highest BCUT2D eigenvalue weighted by Crippen LogP contribution is 2.29. The molecule has 3 nitrogen and oxygen atoms in total. The van der Waals surface area contributed by atoms with Crippen molar-refractivity contribution in [2.45, 2.75) is 39.2 Å². The number of Topliss-reactive ketones (excluding diaryl/α,β-unsaturated/α-hetero) is 1. The standard InChI is InChI=1S/C17H23NO2S/c1-11(2)13(4)18-17(14(5)20)16(8-12(3)9-19)15-6-7-21-10-15/h6-7,9-11,16-18H,3-4,8H2,1-2,5H3. The average Bonchev–Trinajstić information content (AvgIpc) is 2.95. The van der Waals surface area contributed by atoms with Crippen LogP contribution in [-0.2, 0) is 9.59 Å². The van der Waals surface area contributed by atoms with E-state index in [1.165, 1.54) is 0 Å². The lowest BCUT2D eigenvalue weighted by Crippen LogP contribution is -2.41. The van der Waals surface area contributed by atoms with E-state index < -0.39 is 6.04 Å². The van der Waals surface area contributed by atoms with Crippen molar-refractivity contribution < 1.29 is 9.59 Å². The van der Waals surface area contributed by atoms with Crippen molar-refractivity contribution in [1.82, 2.24) is 5.32 Å². The summed E-state index contributed by atoms with van der Waals surface area (Å²) < 4.78 is 0. The lowest BCUT2D eigenvalue weighted by atomic mass is 9.85. The molecule has 0 spiro atoms. The van der Waals surface area contributed by atoms with E-state index in [2.05, 4.69) is 18.5 Å². The zero-order valence-electron chi connectivity index (χ0n) is 12.9. The maximum Gasteiger partial charge on any atom is 0.152 e. The first-order valence-electron chi connectivity index (χ1n) is 6.97. The molecule has 1 heterocycles. The fourth-order valence-electron chi connectivity index (χ4n) is 2.10. The summed E-state index contributed by atoms with van der Waals surface area (Å²) >= 11 is 1.58. The second-order valence-electron chi connectivity index (χ2n) is 5.56. The Bertz CT molecular complexity index is 517. The summed E-state index contributed by atoms with van der Waals surface area (Å²) in [6.45, 7) is 13.4. The van der Waals surface area contributed by atoms with E-state index in [-0.39, 0.29) is 17.6 Å². The Morgan fingerprint density at radius 3 is 2.52 bits per heavy atom. The molecule has 1 rings (SSSR count). The third-order valence-corrected chi connectivity index (χ3v) is 4.20. The van der Waals surface area contributed by atoms with Gasteiger partial charge in [0.1, 0.15) is 6.29 Å². The number of allylic oxidation sites excluding steroid dienone is 2. The molecule has 2 unspecified atom stereocenters. The molecule has 2 atom stereocenters. The van der Waals surface area contributed by atoms with Crippen molar-refractivity contribution in [1.29, 1.82) is 0 Å². The zero-order valence-corrected chi connectivity index (χ0v) is 13.7. The van der Waals surface area contributed by atoms with Crippen molar-refractivity contribution in [2.75, 3.05) is 0 Å². The quantitative estimate of drug-likeness (QED) is 0.559. The summed E-state index contributed by atoms with van der Waals surface area (Å²) in [5.41, 5.74) is 2.37. The highest BCUT2D eigenvalue weighted by Gasteiger charge is 2.28. The molecule has 0 saturated heterocycles. The minimum atomic E-state index is -0.397. The zero-order chi connectivity index (χ0) is 16.0. The Hall–Kier alpha value is -1.68. The first-order valence-corrected chi connectivity index (χ1v) is 7.92. The number of carbonyl (C=O) groups excluding carboxylic acids is 2. The number of ketones is 1. The summed E-state index contributed by atoms with van der Waals surface area (Å²) in [5, 5.41) is 7.22.